The summed E-state index contributed by atoms with van der Waals surface area (Å²) in [6.45, 7) is 2.47. The van der Waals surface area contributed by atoms with Gasteiger partial charge in [0, 0.05) is 0 Å². The molecule has 0 aliphatic heterocycles. The fourth-order valence-electron chi connectivity index (χ4n) is 1.97. The minimum Gasteiger partial charge on any atom is -0.481 e. The quantitative estimate of drug-likeness (QED) is 0.440. The van der Waals surface area contributed by atoms with Gasteiger partial charge in [0.15, 0.2) is 0 Å². The summed E-state index contributed by atoms with van der Waals surface area (Å²) in [7, 11) is 0. The Morgan fingerprint density at radius 1 is 1.41 bits per heavy atom. The second-order valence-corrected chi connectivity index (χ2v) is 4.35. The first-order valence-corrected chi connectivity index (χ1v) is 6.23. The molecule has 0 aromatic carbocycles. The number of ether oxygens (including phenoxy) is 1. The zero-order valence-electron chi connectivity index (χ0n) is 10.2. The van der Waals surface area contributed by atoms with Gasteiger partial charge in [0.25, 0.3) is 0 Å². The fourth-order valence-corrected chi connectivity index (χ4v) is 1.97. The van der Waals surface area contributed by atoms with Gasteiger partial charge in [-0.2, -0.15) is 0 Å². The van der Waals surface area contributed by atoms with E-state index in [1.807, 2.05) is 6.08 Å². The number of carbonyl (C=O) groups excluding carboxylic acids is 1. The minimum absolute atomic E-state index is 0.392. The molecule has 0 saturated carbocycles. The molecular weight excluding hydrogens is 220 g/mol. The van der Waals surface area contributed by atoms with E-state index < -0.39 is 23.8 Å². The Morgan fingerprint density at radius 2 is 2.18 bits per heavy atom. The second-order valence-electron chi connectivity index (χ2n) is 4.35. The highest BCUT2D eigenvalue weighted by Gasteiger charge is 2.34. The van der Waals surface area contributed by atoms with Crippen molar-refractivity contribution in [1.29, 1.82) is 0 Å². The molecule has 2 atom stereocenters. The number of hydrogen-bond donors (Lipinski definition) is 1. The summed E-state index contributed by atoms with van der Waals surface area (Å²) in [4.78, 5) is 22.7. The Labute approximate surface area is 102 Å². The highest BCUT2D eigenvalue weighted by Crippen LogP contribution is 2.26. The summed E-state index contributed by atoms with van der Waals surface area (Å²) >= 11 is 0. The normalized spacial score (nSPS) is 23.4. The van der Waals surface area contributed by atoms with E-state index >= 15 is 0 Å². The molecule has 0 spiro atoms. The summed E-state index contributed by atoms with van der Waals surface area (Å²) in [5, 5.41) is 9.03. The topological polar surface area (TPSA) is 63.6 Å². The molecular formula is C13H20O4. The van der Waals surface area contributed by atoms with Crippen molar-refractivity contribution >= 4 is 11.9 Å². The first-order chi connectivity index (χ1) is 8.16. The number of rotatable bonds is 6. The molecule has 0 aromatic rings. The van der Waals surface area contributed by atoms with E-state index in [0.29, 0.717) is 13.0 Å². The number of carbonyl (C=O) groups is 2. The second kappa shape index (κ2) is 7.09. The summed E-state index contributed by atoms with van der Waals surface area (Å²) in [6.07, 6.45) is 7.70. The van der Waals surface area contributed by atoms with E-state index in [0.717, 1.165) is 25.7 Å². The Bertz CT molecular complexity index is 296. The van der Waals surface area contributed by atoms with Gasteiger partial charge in [0.05, 0.1) is 18.4 Å². The van der Waals surface area contributed by atoms with E-state index in [-0.39, 0.29) is 0 Å². The highest BCUT2D eigenvalue weighted by molar-refractivity contribution is 5.83. The van der Waals surface area contributed by atoms with Crippen LogP contribution in [0.15, 0.2) is 12.2 Å². The maximum Gasteiger partial charge on any atom is 0.313 e. The molecule has 0 aromatic heterocycles. The van der Waals surface area contributed by atoms with Crippen LogP contribution in [-0.4, -0.2) is 23.7 Å². The molecule has 0 bridgehead atoms. The lowest BCUT2D eigenvalue weighted by atomic mass is 9.84. The van der Waals surface area contributed by atoms with Gasteiger partial charge < -0.3 is 9.84 Å². The predicted octanol–water partition coefficient (Wildman–Crippen LogP) is 2.39. The van der Waals surface area contributed by atoms with Gasteiger partial charge in [0.2, 0.25) is 0 Å². The van der Waals surface area contributed by atoms with Crippen LogP contribution in [0.5, 0.6) is 0 Å². The van der Waals surface area contributed by atoms with E-state index in [1.165, 1.54) is 0 Å². The van der Waals surface area contributed by atoms with Gasteiger partial charge in [-0.3, -0.25) is 9.59 Å². The van der Waals surface area contributed by atoms with Crippen molar-refractivity contribution in [3.05, 3.63) is 12.2 Å². The lowest BCUT2D eigenvalue weighted by Crippen LogP contribution is -2.31. The summed E-state index contributed by atoms with van der Waals surface area (Å²) < 4.78 is 5.11. The molecule has 0 fully saturated rings. The highest BCUT2D eigenvalue weighted by atomic mass is 16.5. The molecule has 2 unspecified atom stereocenters. The number of hydrogen-bond acceptors (Lipinski definition) is 3. The van der Waals surface area contributed by atoms with Crippen LogP contribution in [0.1, 0.15) is 39.0 Å². The molecule has 1 aliphatic carbocycles. The van der Waals surface area contributed by atoms with Gasteiger partial charge in [-0.05, 0) is 19.3 Å². The fraction of sp³-hybridized carbons (Fsp3) is 0.692. The zero-order valence-corrected chi connectivity index (χ0v) is 10.2. The van der Waals surface area contributed by atoms with Crippen LogP contribution in [0.25, 0.3) is 0 Å². The maximum atomic E-state index is 11.7. The summed E-state index contributed by atoms with van der Waals surface area (Å²) in [6, 6.07) is 0. The van der Waals surface area contributed by atoms with Crippen molar-refractivity contribution in [3.63, 3.8) is 0 Å². The molecule has 0 radical (unpaired) electrons. The average molecular weight is 240 g/mol. The van der Waals surface area contributed by atoms with Gasteiger partial charge >= 0.3 is 11.9 Å². The maximum absolute atomic E-state index is 11.7. The number of aliphatic carboxylic acids is 1. The SMILES string of the molecule is CCCCCOC(=O)C1C=CCCC1C(=O)O. The van der Waals surface area contributed by atoms with E-state index in [1.54, 1.807) is 6.08 Å². The van der Waals surface area contributed by atoms with Crippen LogP contribution in [0.4, 0.5) is 0 Å². The van der Waals surface area contributed by atoms with Crippen molar-refractivity contribution in [3.8, 4) is 0 Å². The predicted molar refractivity (Wildman–Crippen MR) is 63.5 cm³/mol. The van der Waals surface area contributed by atoms with Gasteiger partial charge in [-0.25, -0.2) is 0 Å². The first-order valence-electron chi connectivity index (χ1n) is 6.23. The monoisotopic (exact) mass is 240 g/mol. The first kappa shape index (κ1) is 13.7. The smallest absolute Gasteiger partial charge is 0.313 e. The largest absolute Gasteiger partial charge is 0.481 e. The van der Waals surface area contributed by atoms with Crippen LogP contribution in [0.3, 0.4) is 0 Å². The third kappa shape index (κ3) is 4.21. The van der Waals surface area contributed by atoms with Crippen LogP contribution in [0, 0.1) is 11.8 Å². The van der Waals surface area contributed by atoms with Crippen molar-refractivity contribution in [2.75, 3.05) is 6.61 Å². The molecule has 17 heavy (non-hydrogen) atoms. The summed E-state index contributed by atoms with van der Waals surface area (Å²) in [5.41, 5.74) is 0. The van der Waals surface area contributed by atoms with Crippen molar-refractivity contribution in [1.82, 2.24) is 0 Å². The van der Waals surface area contributed by atoms with Gasteiger partial charge in [-0.1, -0.05) is 31.9 Å². The zero-order chi connectivity index (χ0) is 12.7. The Hall–Kier alpha value is -1.32. The molecule has 0 amide bonds. The Balaban J connectivity index is 2.45. The third-order valence-corrected chi connectivity index (χ3v) is 3.00. The number of carboxylic acids is 1. The van der Waals surface area contributed by atoms with Gasteiger partial charge in [0.1, 0.15) is 0 Å². The number of esters is 1. The number of allylic oxidation sites excluding steroid dienone is 1. The van der Waals surface area contributed by atoms with E-state index in [9.17, 15) is 9.59 Å². The van der Waals surface area contributed by atoms with Crippen LogP contribution >= 0.6 is 0 Å². The summed E-state index contributed by atoms with van der Waals surface area (Å²) in [5.74, 6) is -2.55. The van der Waals surface area contributed by atoms with Crippen LogP contribution < -0.4 is 0 Å². The van der Waals surface area contributed by atoms with E-state index in [4.69, 9.17) is 9.84 Å². The lowest BCUT2D eigenvalue weighted by Gasteiger charge is -2.22. The third-order valence-electron chi connectivity index (χ3n) is 3.00. The number of carboxylic acid groups (broad SMARTS) is 1. The minimum atomic E-state index is -0.912. The molecule has 0 heterocycles. The molecule has 1 aliphatic rings. The number of unbranched alkanes of at least 4 members (excludes halogenated alkanes) is 2. The molecule has 4 heteroatoms. The van der Waals surface area contributed by atoms with Gasteiger partial charge in [-0.15, -0.1) is 0 Å². The van der Waals surface area contributed by atoms with Crippen LogP contribution in [-0.2, 0) is 14.3 Å². The van der Waals surface area contributed by atoms with Crippen molar-refractivity contribution in [2.45, 2.75) is 39.0 Å². The Kier molecular flexibility index (Phi) is 5.73. The standard InChI is InChI=1S/C13H20O4/c1-2-3-6-9-17-13(16)11-8-5-4-7-10(11)12(14)15/h5,8,10-11H,2-4,6-7,9H2,1H3,(H,14,15). The van der Waals surface area contributed by atoms with Crippen molar-refractivity contribution in [2.24, 2.45) is 11.8 Å². The molecule has 4 nitrogen and oxygen atoms in total. The van der Waals surface area contributed by atoms with E-state index in [2.05, 4.69) is 6.92 Å². The Morgan fingerprint density at radius 3 is 2.82 bits per heavy atom. The molecule has 1 N–H and O–H groups in total. The average Bonchev–Trinajstić information content (AvgIpc) is 2.34. The van der Waals surface area contributed by atoms with Crippen LogP contribution in [0.2, 0.25) is 0 Å². The lowest BCUT2D eigenvalue weighted by molar-refractivity contribution is -0.156. The molecule has 96 valence electrons. The molecule has 0 saturated heterocycles. The molecule has 1 rings (SSSR count). The van der Waals surface area contributed by atoms with Crippen molar-refractivity contribution < 1.29 is 19.4 Å².